The second-order valence-corrected chi connectivity index (χ2v) is 0.909. The van der Waals surface area contributed by atoms with Crippen LogP contribution in [-0.2, 0) is 0 Å². The van der Waals surface area contributed by atoms with Gasteiger partial charge in [-0.25, -0.2) is 0 Å². The SMILES string of the molecule is O=[N+]([O-])O.O=[N+]([O-])[O-].O=[N+]([O-])[O-].O=[N+]([O-])[O-].[Dy+3]. The Labute approximate surface area is 120 Å². The van der Waals surface area contributed by atoms with Gasteiger partial charge >= 0.3 is 38.2 Å². The Kier molecular flexibility index (Phi) is 41.0. The van der Waals surface area contributed by atoms with Gasteiger partial charge in [0.15, 0.2) is 0 Å². The second-order valence-electron chi connectivity index (χ2n) is 0.909. The average molecular weight is 412 g/mol. The van der Waals surface area contributed by atoms with Gasteiger partial charge in [-0.3, -0.25) is 0 Å². The Balaban J connectivity index is -0.0000000369. The first-order chi connectivity index (χ1) is 6.93. The van der Waals surface area contributed by atoms with Gasteiger partial charge in [0.25, 0.3) is 5.09 Å². The molecule has 0 rings (SSSR count). The van der Waals surface area contributed by atoms with Crippen molar-refractivity contribution in [3.63, 3.8) is 0 Å². The first kappa shape index (κ1) is 29.4. The van der Waals surface area contributed by atoms with Crippen LogP contribution in [0.25, 0.3) is 0 Å². The maximum Gasteiger partial charge on any atom is 3.00 e. The number of nitrogens with zero attached hydrogens (tertiary/aromatic N) is 4. The van der Waals surface area contributed by atoms with E-state index in [2.05, 4.69) is 0 Å². The van der Waals surface area contributed by atoms with Crippen molar-refractivity contribution in [1.29, 1.82) is 0 Å². The van der Waals surface area contributed by atoms with E-state index >= 15 is 0 Å². The van der Waals surface area contributed by atoms with Crippen molar-refractivity contribution in [3.8, 4) is 0 Å². The normalized spacial score (nSPS) is 5.65. The van der Waals surface area contributed by atoms with Crippen LogP contribution in [0, 0.1) is 94.3 Å². The zero-order valence-corrected chi connectivity index (χ0v) is 9.07. The molecule has 103 valence electrons. The van der Waals surface area contributed by atoms with Gasteiger partial charge in [0.05, 0.1) is 15.3 Å². The Morgan fingerprint density at radius 2 is 0.588 bits per heavy atom. The van der Waals surface area contributed by atoms with Gasteiger partial charge in [0.2, 0.25) is 0 Å². The van der Waals surface area contributed by atoms with Crippen LogP contribution in [-0.4, -0.2) is 25.6 Å². The molecule has 0 aromatic carbocycles. The third kappa shape index (κ3) is 552. The maximum absolute atomic E-state index is 8.36. The van der Waals surface area contributed by atoms with Crippen molar-refractivity contribution in [2.45, 2.75) is 0 Å². The van der Waals surface area contributed by atoms with Gasteiger partial charge in [0, 0.05) is 0 Å². The summed E-state index contributed by atoms with van der Waals surface area (Å²) in [5.74, 6) is 0. The molecule has 0 amide bonds. The van der Waals surface area contributed by atoms with Gasteiger partial charge < -0.3 is 51.2 Å². The van der Waals surface area contributed by atoms with Gasteiger partial charge in [-0.05, 0) is 0 Å². The fourth-order valence-electron chi connectivity index (χ4n) is 0. The predicted molar refractivity (Wildman–Crippen MR) is 39.9 cm³/mol. The summed E-state index contributed by atoms with van der Waals surface area (Å²) in [6.45, 7) is 0. The molecule has 0 spiro atoms. The van der Waals surface area contributed by atoms with E-state index in [1.807, 2.05) is 0 Å². The second kappa shape index (κ2) is 23.7. The maximum atomic E-state index is 8.36. The van der Waals surface area contributed by atoms with E-state index in [0.717, 1.165) is 0 Å². The fourth-order valence-corrected chi connectivity index (χ4v) is 0. The minimum atomic E-state index is -1.75. The molecule has 0 aliphatic heterocycles. The molecule has 0 aliphatic carbocycles. The average Bonchev–Trinajstić information content (AvgIpc) is 1.76. The molecule has 16 nitrogen and oxygen atoms in total. The van der Waals surface area contributed by atoms with Crippen molar-refractivity contribution in [1.82, 2.24) is 0 Å². The molecular weight excluding hydrogens is 411 g/mol. The van der Waals surface area contributed by atoms with Gasteiger partial charge in [-0.15, -0.1) is 10.1 Å². The molecule has 0 bridgehead atoms. The molecule has 0 fully saturated rings. The summed E-state index contributed by atoms with van der Waals surface area (Å²) in [6.07, 6.45) is 0. The summed E-state index contributed by atoms with van der Waals surface area (Å²) in [7, 11) is 0. The molecule has 17 heteroatoms. The Bertz CT molecular complexity index is 159. The Morgan fingerprint density at radius 3 is 0.588 bits per heavy atom. The van der Waals surface area contributed by atoms with E-state index in [4.69, 9.17) is 61.3 Å². The summed E-state index contributed by atoms with van der Waals surface area (Å²) in [5, 5.41) is 57.9. The van der Waals surface area contributed by atoms with Crippen molar-refractivity contribution >= 4 is 0 Å². The fraction of sp³-hybridized carbons (Fsp3) is 0. The van der Waals surface area contributed by atoms with E-state index in [-0.39, 0.29) is 38.2 Å². The third-order valence-corrected chi connectivity index (χ3v) is 0. The minimum Gasteiger partial charge on any atom is -0.356 e. The molecule has 0 heterocycles. The summed E-state index contributed by atoms with van der Waals surface area (Å²) in [6, 6.07) is 0. The monoisotopic (exact) mass is 413 g/mol. The molecular formula is HDyN4O12. The van der Waals surface area contributed by atoms with Crippen LogP contribution in [0.1, 0.15) is 0 Å². The Morgan fingerprint density at radius 1 is 0.588 bits per heavy atom. The van der Waals surface area contributed by atoms with E-state index in [1.54, 1.807) is 0 Å². The molecule has 1 radical (unpaired) electrons. The van der Waals surface area contributed by atoms with Crippen molar-refractivity contribution in [2.24, 2.45) is 0 Å². The van der Waals surface area contributed by atoms with Crippen LogP contribution in [0.3, 0.4) is 0 Å². The quantitative estimate of drug-likeness (QED) is 0.369. The minimum absolute atomic E-state index is 0. The van der Waals surface area contributed by atoms with Crippen molar-refractivity contribution < 1.29 is 63.7 Å². The molecule has 0 aromatic heterocycles. The number of rotatable bonds is 0. The Hall–Kier alpha value is -1.93. The molecule has 17 heavy (non-hydrogen) atoms. The molecule has 0 aliphatic rings. The van der Waals surface area contributed by atoms with E-state index < -0.39 is 20.3 Å². The number of hydrogen-bond acceptors (Lipinski definition) is 11. The van der Waals surface area contributed by atoms with Gasteiger partial charge in [0.1, 0.15) is 0 Å². The summed E-state index contributed by atoms with van der Waals surface area (Å²) >= 11 is 0. The molecule has 1 N–H and O–H groups in total. The van der Waals surface area contributed by atoms with Crippen molar-refractivity contribution in [3.05, 3.63) is 56.1 Å². The van der Waals surface area contributed by atoms with Gasteiger partial charge in [-0.1, -0.05) is 0 Å². The van der Waals surface area contributed by atoms with Crippen LogP contribution >= 0.6 is 0 Å². The van der Waals surface area contributed by atoms with E-state index in [1.165, 1.54) is 0 Å². The van der Waals surface area contributed by atoms with Crippen LogP contribution in [0.2, 0.25) is 0 Å². The van der Waals surface area contributed by atoms with E-state index in [9.17, 15) is 0 Å². The zero-order chi connectivity index (χ0) is 14.3. The van der Waals surface area contributed by atoms with Crippen LogP contribution in [0.5, 0.6) is 0 Å². The first-order valence-electron chi connectivity index (χ1n) is 2.21. The molecule has 0 unspecified atom stereocenters. The zero-order valence-electron chi connectivity index (χ0n) is 7.04. The largest absolute Gasteiger partial charge is 3.00 e. The van der Waals surface area contributed by atoms with Crippen molar-refractivity contribution in [2.75, 3.05) is 0 Å². The topological polar surface area (TPSA) is 262 Å². The first-order valence-corrected chi connectivity index (χ1v) is 2.21. The predicted octanol–water partition coefficient (Wildman–Crippen LogP) is -1.06. The molecule has 0 saturated carbocycles. The molecule has 0 atom stereocenters. The summed E-state index contributed by atoms with van der Waals surface area (Å²) in [5.41, 5.74) is 0. The smallest absolute Gasteiger partial charge is 0.356 e. The van der Waals surface area contributed by atoms with Crippen LogP contribution in [0.4, 0.5) is 0 Å². The molecule has 0 saturated heterocycles. The van der Waals surface area contributed by atoms with Crippen LogP contribution < -0.4 is 0 Å². The standard InChI is InChI=1S/Dy.HNO3.3NO3/c;4*2-1(3)4/h;(H,2,3,4);;;/q+3;;3*-1. The summed E-state index contributed by atoms with van der Waals surface area (Å²) < 4.78 is 0. The van der Waals surface area contributed by atoms with E-state index in [0.29, 0.717) is 0 Å². The van der Waals surface area contributed by atoms with Crippen LogP contribution in [0.15, 0.2) is 0 Å². The third-order valence-electron chi connectivity index (χ3n) is 0. The van der Waals surface area contributed by atoms with Gasteiger partial charge in [-0.2, -0.15) is 0 Å². The summed E-state index contributed by atoms with van der Waals surface area (Å²) in [4.78, 5) is 33.1. The molecule has 0 aromatic rings. The number of hydrogen-bond donors (Lipinski definition) is 1.